The molecule has 0 bridgehead atoms. The number of fused-ring (bicyclic) bond motifs is 5. The van der Waals surface area contributed by atoms with Crippen molar-refractivity contribution < 1.29 is 24.5 Å². The van der Waals surface area contributed by atoms with E-state index in [1.807, 2.05) is 24.5 Å². The first-order valence-electron chi connectivity index (χ1n) is 17.5. The van der Waals surface area contributed by atoms with Crippen LogP contribution >= 0.6 is 11.3 Å². The quantitative estimate of drug-likeness (QED) is 0.165. The molecular formula is C45H49IrN3OS-2. The van der Waals surface area contributed by atoms with E-state index in [-0.39, 0.29) is 30.9 Å². The van der Waals surface area contributed by atoms with Crippen molar-refractivity contribution >= 4 is 43.5 Å². The van der Waals surface area contributed by atoms with Gasteiger partial charge in [0.05, 0.1) is 15.3 Å². The standard InChI is InChI=1S/C28H29N2OS.C17H20N.Ir/c1-16-15-29-21(13-17(16)14-27(2,3)4)20-10-8-9-18-19-11-12-22-23(25(19)31-24(18)20)30-26(32-22)28(5,6)7;1-13-5-8-15(9-6-13)16-10-7-14(12-18-16)11-17(2,3)4;/h8-9,11-13,15H,14H2,1-7H3;5-8,10,12H,11H2,1-4H3;/q2*-1;. The minimum absolute atomic E-state index is 0. The first-order chi connectivity index (χ1) is 23.4. The van der Waals surface area contributed by atoms with E-state index in [4.69, 9.17) is 14.4 Å². The summed E-state index contributed by atoms with van der Waals surface area (Å²) in [6.07, 6.45) is 6.01. The summed E-state index contributed by atoms with van der Waals surface area (Å²) >= 11 is 1.75. The molecule has 0 aliphatic carbocycles. The predicted octanol–water partition coefficient (Wildman–Crippen LogP) is 12.7. The van der Waals surface area contributed by atoms with Crippen molar-refractivity contribution in [2.24, 2.45) is 10.8 Å². The Morgan fingerprint density at radius 1 is 0.725 bits per heavy atom. The van der Waals surface area contributed by atoms with E-state index in [1.165, 1.54) is 22.3 Å². The average molecular weight is 872 g/mol. The number of aromatic nitrogens is 3. The Labute approximate surface area is 321 Å². The molecule has 51 heavy (non-hydrogen) atoms. The third-order valence-corrected chi connectivity index (χ3v) is 10.0. The maximum atomic E-state index is 6.52. The molecule has 4 heterocycles. The van der Waals surface area contributed by atoms with Crippen LogP contribution in [0.3, 0.4) is 0 Å². The van der Waals surface area contributed by atoms with Gasteiger partial charge in [-0.3, -0.25) is 0 Å². The second-order valence-electron chi connectivity index (χ2n) is 17.1. The molecule has 4 nitrogen and oxygen atoms in total. The van der Waals surface area contributed by atoms with Crippen molar-refractivity contribution in [3.63, 3.8) is 0 Å². The molecule has 7 rings (SSSR count). The number of benzene rings is 3. The van der Waals surface area contributed by atoms with Crippen LogP contribution in [0.25, 0.3) is 54.7 Å². The Balaban J connectivity index is 0.000000226. The van der Waals surface area contributed by atoms with Crippen molar-refractivity contribution in [3.05, 3.63) is 112 Å². The van der Waals surface area contributed by atoms with Crippen molar-refractivity contribution in [3.8, 4) is 22.5 Å². The number of thiazole rings is 1. The maximum Gasteiger partial charge on any atom is 0.148 e. The molecule has 0 unspecified atom stereocenters. The number of hydrogen-bond acceptors (Lipinski definition) is 5. The number of nitrogens with zero attached hydrogens (tertiary/aromatic N) is 3. The summed E-state index contributed by atoms with van der Waals surface area (Å²) in [5, 5.41) is 3.30. The summed E-state index contributed by atoms with van der Waals surface area (Å²) in [5.41, 5.74) is 12.1. The average Bonchev–Trinajstić information content (AvgIpc) is 3.64. The molecule has 4 aromatic heterocycles. The van der Waals surface area contributed by atoms with Gasteiger partial charge in [-0.15, -0.1) is 64.9 Å². The van der Waals surface area contributed by atoms with Gasteiger partial charge in [-0.05, 0) is 59.2 Å². The van der Waals surface area contributed by atoms with Crippen molar-refractivity contribution in [1.29, 1.82) is 0 Å². The van der Waals surface area contributed by atoms with Gasteiger partial charge in [0.1, 0.15) is 11.1 Å². The summed E-state index contributed by atoms with van der Waals surface area (Å²) in [6, 6.07) is 27.7. The zero-order chi connectivity index (χ0) is 36.0. The largest absolute Gasteiger partial charge is 0.498 e. The molecule has 7 aromatic rings. The fraction of sp³-hybridized carbons (Fsp3) is 0.356. The fourth-order valence-electron chi connectivity index (χ4n) is 6.13. The van der Waals surface area contributed by atoms with Crippen LogP contribution in [0.4, 0.5) is 0 Å². The Kier molecular flexibility index (Phi) is 11.1. The molecule has 267 valence electrons. The molecule has 0 aliphatic heterocycles. The van der Waals surface area contributed by atoms with Gasteiger partial charge in [-0.1, -0.05) is 110 Å². The molecule has 0 N–H and O–H groups in total. The van der Waals surface area contributed by atoms with Crippen molar-refractivity contribution in [2.75, 3.05) is 0 Å². The number of hydrogen-bond donors (Lipinski definition) is 0. The van der Waals surface area contributed by atoms with Gasteiger partial charge < -0.3 is 14.4 Å². The van der Waals surface area contributed by atoms with Gasteiger partial charge in [-0.2, -0.15) is 0 Å². The zero-order valence-electron chi connectivity index (χ0n) is 31.8. The molecule has 3 aromatic carbocycles. The maximum absolute atomic E-state index is 6.52. The minimum Gasteiger partial charge on any atom is -0.498 e. The summed E-state index contributed by atoms with van der Waals surface area (Å²) in [4.78, 5) is 14.3. The first kappa shape index (κ1) is 38.5. The van der Waals surface area contributed by atoms with Crippen LogP contribution in [0.1, 0.15) is 89.6 Å². The van der Waals surface area contributed by atoms with E-state index in [0.717, 1.165) is 72.5 Å². The van der Waals surface area contributed by atoms with E-state index < -0.39 is 0 Å². The molecule has 0 saturated carbocycles. The number of aryl methyl sites for hydroxylation is 2. The minimum atomic E-state index is 0. The van der Waals surface area contributed by atoms with Crippen molar-refractivity contribution in [2.45, 2.75) is 94.4 Å². The van der Waals surface area contributed by atoms with Crippen LogP contribution in [0, 0.1) is 36.8 Å². The van der Waals surface area contributed by atoms with E-state index in [1.54, 1.807) is 11.3 Å². The molecule has 0 amide bonds. The van der Waals surface area contributed by atoms with Crippen LogP contribution in [0.2, 0.25) is 0 Å². The number of rotatable bonds is 4. The summed E-state index contributed by atoms with van der Waals surface area (Å²) in [6.45, 7) is 24.3. The second kappa shape index (κ2) is 14.7. The van der Waals surface area contributed by atoms with Crippen molar-refractivity contribution in [1.82, 2.24) is 15.0 Å². The van der Waals surface area contributed by atoms with Gasteiger partial charge in [0, 0.05) is 43.3 Å². The number of furan rings is 1. The van der Waals surface area contributed by atoms with E-state index in [0.29, 0.717) is 5.41 Å². The van der Waals surface area contributed by atoms with Gasteiger partial charge in [0.25, 0.3) is 0 Å². The SMILES string of the molecule is Cc1c[c-]c(-c2ccc(CC(C)(C)C)cn2)cc1.Cc1cnc(-c2[c-]ccc3c2oc2c3ccc3sc(C(C)(C)C)nc32)cc1CC(C)(C)C.[Ir]. The Morgan fingerprint density at radius 2 is 1.43 bits per heavy atom. The van der Waals surface area contributed by atoms with E-state index in [2.05, 4.69) is 142 Å². The van der Waals surface area contributed by atoms with Crippen LogP contribution < -0.4 is 0 Å². The predicted molar refractivity (Wildman–Crippen MR) is 212 cm³/mol. The molecular weight excluding hydrogens is 823 g/mol. The molecule has 1 radical (unpaired) electrons. The summed E-state index contributed by atoms with van der Waals surface area (Å²) < 4.78 is 7.68. The first-order valence-corrected chi connectivity index (χ1v) is 18.3. The summed E-state index contributed by atoms with van der Waals surface area (Å²) in [7, 11) is 0. The molecule has 0 spiro atoms. The van der Waals surface area contributed by atoms with Gasteiger partial charge in [0.15, 0.2) is 0 Å². The van der Waals surface area contributed by atoms with Crippen LogP contribution in [0.5, 0.6) is 0 Å². The van der Waals surface area contributed by atoms with Crippen LogP contribution in [-0.4, -0.2) is 15.0 Å². The second-order valence-corrected chi connectivity index (χ2v) is 18.1. The molecule has 0 fully saturated rings. The Hall–Kier alpha value is -3.70. The monoisotopic (exact) mass is 872 g/mol. The Bertz CT molecular complexity index is 2280. The number of pyridine rings is 2. The molecule has 6 heteroatoms. The molecule has 0 atom stereocenters. The van der Waals surface area contributed by atoms with Gasteiger partial charge >= 0.3 is 0 Å². The smallest absolute Gasteiger partial charge is 0.148 e. The Morgan fingerprint density at radius 3 is 2.06 bits per heavy atom. The topological polar surface area (TPSA) is 51.8 Å². The van der Waals surface area contributed by atoms with Gasteiger partial charge in [-0.25, -0.2) is 4.98 Å². The van der Waals surface area contributed by atoms with E-state index in [9.17, 15) is 0 Å². The van der Waals surface area contributed by atoms with Crippen LogP contribution in [-0.2, 0) is 38.4 Å². The molecule has 0 aliphatic rings. The van der Waals surface area contributed by atoms with E-state index >= 15 is 0 Å². The third kappa shape index (κ3) is 9.03. The zero-order valence-corrected chi connectivity index (χ0v) is 35.0. The summed E-state index contributed by atoms with van der Waals surface area (Å²) in [5.74, 6) is 0. The van der Waals surface area contributed by atoms with Gasteiger partial charge in [0.2, 0.25) is 0 Å². The molecule has 0 saturated heterocycles. The third-order valence-electron chi connectivity index (χ3n) is 8.59. The normalized spacial score (nSPS) is 12.2. The van der Waals surface area contributed by atoms with Crippen LogP contribution in [0.15, 0.2) is 77.5 Å². The fourth-order valence-corrected chi connectivity index (χ4v) is 7.15.